The molecule has 1 saturated heterocycles. The Kier molecular flexibility index (Phi) is 5.05. The third kappa shape index (κ3) is 3.59. The standard InChI is InChI=1S/C14H12NO7/c1-20-14(17)12-3-2-4-13(22-12)21-11-6-5-9(8-16)7-10(11)15(18)19/h2-8,12-13H,1H3/t12-,13+/m0/s1. The molecule has 22 heavy (non-hydrogen) atoms. The van der Waals surface area contributed by atoms with Crippen LogP contribution < -0.4 is 4.74 Å². The molecule has 0 amide bonds. The van der Waals surface area contributed by atoms with E-state index in [1.165, 1.54) is 32.1 Å². The molecule has 1 aliphatic heterocycles. The number of nitrogens with zero attached hydrogens (tertiary/aromatic N) is 1. The van der Waals surface area contributed by atoms with Gasteiger partial charge in [0.05, 0.1) is 12.0 Å². The van der Waals surface area contributed by atoms with E-state index in [4.69, 9.17) is 9.47 Å². The van der Waals surface area contributed by atoms with E-state index in [-0.39, 0.29) is 17.0 Å². The summed E-state index contributed by atoms with van der Waals surface area (Å²) in [7, 11) is 1.22. The molecule has 2 atom stereocenters. The van der Waals surface area contributed by atoms with E-state index in [1.807, 2.05) is 0 Å². The van der Waals surface area contributed by atoms with Crippen LogP contribution >= 0.6 is 0 Å². The molecule has 1 fully saturated rings. The van der Waals surface area contributed by atoms with Crippen molar-refractivity contribution in [1.29, 1.82) is 0 Å². The second-order valence-corrected chi connectivity index (χ2v) is 4.25. The first-order valence-corrected chi connectivity index (χ1v) is 6.20. The van der Waals surface area contributed by atoms with Crippen molar-refractivity contribution in [2.24, 2.45) is 0 Å². The van der Waals surface area contributed by atoms with Crippen molar-refractivity contribution in [3.05, 3.63) is 53.1 Å². The minimum Gasteiger partial charge on any atom is -0.467 e. The number of ether oxygens (including phenoxy) is 3. The Bertz CT molecular complexity index is 587. The molecular weight excluding hydrogens is 294 g/mol. The van der Waals surface area contributed by atoms with Crippen molar-refractivity contribution in [3.63, 3.8) is 0 Å². The Labute approximate surface area is 126 Å². The second kappa shape index (κ2) is 6.99. The lowest BCUT2D eigenvalue weighted by Crippen LogP contribution is -2.38. The Balaban J connectivity index is 2.14. The zero-order valence-corrected chi connectivity index (χ0v) is 11.5. The maximum atomic E-state index is 11.4. The summed E-state index contributed by atoms with van der Waals surface area (Å²) < 4.78 is 15.2. The van der Waals surface area contributed by atoms with E-state index in [2.05, 4.69) is 4.74 Å². The van der Waals surface area contributed by atoms with Gasteiger partial charge in [0.2, 0.25) is 6.29 Å². The van der Waals surface area contributed by atoms with Gasteiger partial charge in [0.25, 0.3) is 0 Å². The van der Waals surface area contributed by atoms with Gasteiger partial charge in [0.15, 0.2) is 11.9 Å². The summed E-state index contributed by atoms with van der Waals surface area (Å²) >= 11 is 0. The lowest BCUT2D eigenvalue weighted by molar-refractivity contribution is -0.386. The average Bonchev–Trinajstić information content (AvgIpc) is 2.54. The smallest absolute Gasteiger partial charge is 0.335 e. The Morgan fingerprint density at radius 1 is 1.41 bits per heavy atom. The summed E-state index contributed by atoms with van der Waals surface area (Å²) in [5, 5.41) is 11.0. The van der Waals surface area contributed by atoms with Gasteiger partial charge < -0.3 is 14.2 Å². The topological polar surface area (TPSA) is 105 Å². The molecule has 1 aromatic rings. The first kappa shape index (κ1) is 15.9. The van der Waals surface area contributed by atoms with Crippen molar-refractivity contribution in [2.45, 2.75) is 12.4 Å². The van der Waals surface area contributed by atoms with Gasteiger partial charge in [-0.1, -0.05) is 0 Å². The Morgan fingerprint density at radius 3 is 2.82 bits per heavy atom. The molecular formula is C14H12NO7. The summed E-state index contributed by atoms with van der Waals surface area (Å²) in [4.78, 5) is 32.4. The fourth-order valence-electron chi connectivity index (χ4n) is 1.78. The highest BCUT2D eigenvalue weighted by atomic mass is 16.7. The molecule has 2 rings (SSSR count). The number of esters is 1. The lowest BCUT2D eigenvalue weighted by Gasteiger charge is -2.27. The number of nitro benzene ring substituents is 1. The number of aldehydes is 1. The van der Waals surface area contributed by atoms with Crippen LogP contribution in [0.3, 0.4) is 0 Å². The van der Waals surface area contributed by atoms with Gasteiger partial charge in [-0.05, 0) is 18.6 Å². The molecule has 0 N–H and O–H groups in total. The first-order chi connectivity index (χ1) is 10.5. The third-order valence-electron chi connectivity index (χ3n) is 2.83. The molecule has 8 heteroatoms. The van der Waals surface area contributed by atoms with Crippen molar-refractivity contribution in [3.8, 4) is 5.75 Å². The fraction of sp³-hybridized carbons (Fsp3) is 0.214. The summed E-state index contributed by atoms with van der Waals surface area (Å²) in [5.74, 6) is -0.681. The largest absolute Gasteiger partial charge is 0.467 e. The molecule has 0 bridgehead atoms. The normalized spacial score (nSPS) is 21.0. The van der Waals surface area contributed by atoms with Crippen LogP contribution in [-0.2, 0) is 14.3 Å². The van der Waals surface area contributed by atoms with Gasteiger partial charge in [-0.25, -0.2) is 4.79 Å². The molecule has 0 unspecified atom stereocenters. The highest BCUT2D eigenvalue weighted by molar-refractivity contribution is 5.77. The van der Waals surface area contributed by atoms with E-state index >= 15 is 0 Å². The van der Waals surface area contributed by atoms with Crippen molar-refractivity contribution in [1.82, 2.24) is 0 Å². The zero-order valence-electron chi connectivity index (χ0n) is 11.5. The highest BCUT2D eigenvalue weighted by Crippen LogP contribution is 2.30. The Morgan fingerprint density at radius 2 is 2.18 bits per heavy atom. The van der Waals surface area contributed by atoms with Crippen molar-refractivity contribution in [2.75, 3.05) is 7.11 Å². The molecule has 1 aromatic carbocycles. The van der Waals surface area contributed by atoms with Crippen molar-refractivity contribution >= 4 is 17.9 Å². The highest BCUT2D eigenvalue weighted by Gasteiger charge is 2.31. The molecule has 1 aliphatic rings. The number of hydrogen-bond donors (Lipinski definition) is 0. The second-order valence-electron chi connectivity index (χ2n) is 4.25. The van der Waals surface area contributed by atoms with E-state index in [0.29, 0.717) is 6.29 Å². The van der Waals surface area contributed by atoms with Gasteiger partial charge in [0, 0.05) is 24.5 Å². The molecule has 3 radical (unpaired) electrons. The first-order valence-electron chi connectivity index (χ1n) is 6.20. The number of rotatable bonds is 5. The summed E-state index contributed by atoms with van der Waals surface area (Å²) in [6, 6.07) is 3.77. The summed E-state index contributed by atoms with van der Waals surface area (Å²) in [6.07, 6.45) is 3.05. The molecule has 0 spiro atoms. The molecule has 8 nitrogen and oxygen atoms in total. The van der Waals surface area contributed by atoms with Gasteiger partial charge in [-0.3, -0.25) is 14.9 Å². The van der Waals surface area contributed by atoms with Crippen LogP contribution in [0.25, 0.3) is 0 Å². The van der Waals surface area contributed by atoms with Crippen LogP contribution in [-0.4, -0.2) is 36.7 Å². The van der Waals surface area contributed by atoms with Crippen LogP contribution in [0.1, 0.15) is 10.4 Å². The van der Waals surface area contributed by atoms with E-state index in [9.17, 15) is 19.7 Å². The molecule has 0 aliphatic carbocycles. The van der Waals surface area contributed by atoms with E-state index in [0.717, 1.165) is 6.07 Å². The summed E-state index contributed by atoms with van der Waals surface area (Å²) in [6.45, 7) is 0. The SMILES string of the molecule is COC(=O)[C@@H]1[CH][CH][CH][C@H](Oc2ccc(C=O)cc2[N+](=O)[O-])O1. The fourth-order valence-corrected chi connectivity index (χ4v) is 1.78. The average molecular weight is 306 g/mol. The maximum absolute atomic E-state index is 11.4. The van der Waals surface area contributed by atoms with Gasteiger partial charge >= 0.3 is 11.7 Å². The monoisotopic (exact) mass is 306 g/mol. The quantitative estimate of drug-likeness (QED) is 0.349. The molecule has 0 saturated carbocycles. The molecule has 0 aromatic heterocycles. The van der Waals surface area contributed by atoms with Crippen LogP contribution in [0, 0.1) is 29.4 Å². The predicted molar refractivity (Wildman–Crippen MR) is 72.7 cm³/mol. The van der Waals surface area contributed by atoms with E-state index in [1.54, 1.807) is 6.42 Å². The summed E-state index contributed by atoms with van der Waals surface area (Å²) in [5.41, 5.74) is -0.217. The van der Waals surface area contributed by atoms with Crippen molar-refractivity contribution < 1.29 is 28.7 Å². The number of hydrogen-bond acceptors (Lipinski definition) is 7. The number of methoxy groups -OCH3 is 1. The van der Waals surface area contributed by atoms with Crippen LogP contribution in [0.15, 0.2) is 18.2 Å². The van der Waals surface area contributed by atoms with E-state index < -0.39 is 23.3 Å². The zero-order chi connectivity index (χ0) is 16.1. The van der Waals surface area contributed by atoms with Crippen LogP contribution in [0.4, 0.5) is 5.69 Å². The minimum absolute atomic E-state index is 0.0734. The molecule has 115 valence electrons. The third-order valence-corrected chi connectivity index (χ3v) is 2.83. The lowest BCUT2D eigenvalue weighted by atomic mass is 10.1. The van der Waals surface area contributed by atoms with Gasteiger partial charge in [-0.2, -0.15) is 0 Å². The molecule has 1 heterocycles. The number of benzene rings is 1. The van der Waals surface area contributed by atoms with Crippen LogP contribution in [0.5, 0.6) is 5.75 Å². The number of carbonyl (C=O) groups excluding carboxylic acids is 2. The minimum atomic E-state index is -0.991. The van der Waals surface area contributed by atoms with Gasteiger partial charge in [-0.15, -0.1) is 0 Å². The predicted octanol–water partition coefficient (Wildman–Crippen LogP) is 1.30. The maximum Gasteiger partial charge on any atom is 0.335 e. The number of carbonyl (C=O) groups is 2. The van der Waals surface area contributed by atoms with Gasteiger partial charge in [0.1, 0.15) is 6.29 Å². The Hall–Kier alpha value is -2.48. The van der Waals surface area contributed by atoms with Crippen LogP contribution in [0.2, 0.25) is 0 Å². The number of nitro groups is 1.